The van der Waals surface area contributed by atoms with Gasteiger partial charge in [-0.3, -0.25) is 0 Å². The second kappa shape index (κ2) is 3.70. The highest BCUT2D eigenvalue weighted by molar-refractivity contribution is 9.10. The van der Waals surface area contributed by atoms with Crippen LogP contribution >= 0.6 is 27.3 Å². The van der Waals surface area contributed by atoms with E-state index in [1.807, 2.05) is 0 Å². The number of ether oxygens (including phenoxy) is 1. The molecule has 4 nitrogen and oxygen atoms in total. The van der Waals surface area contributed by atoms with Crippen LogP contribution in [0.4, 0.5) is 0 Å². The van der Waals surface area contributed by atoms with Gasteiger partial charge in [0.05, 0.1) is 16.6 Å². The van der Waals surface area contributed by atoms with Crippen molar-refractivity contribution < 1.29 is 9.53 Å². The van der Waals surface area contributed by atoms with Crippen molar-refractivity contribution in [3.63, 3.8) is 0 Å². The van der Waals surface area contributed by atoms with Gasteiger partial charge in [-0.1, -0.05) is 0 Å². The van der Waals surface area contributed by atoms with Crippen molar-refractivity contribution in [2.24, 2.45) is 0 Å². The maximum atomic E-state index is 11.4. The van der Waals surface area contributed by atoms with E-state index >= 15 is 0 Å². The first-order chi connectivity index (χ1) is 6.74. The predicted molar refractivity (Wildman–Crippen MR) is 57.6 cm³/mol. The summed E-state index contributed by atoms with van der Waals surface area (Å²) in [6.45, 7) is 2.14. The fraction of sp³-hybridized carbons (Fsp3) is 0.250. The molecule has 0 spiro atoms. The van der Waals surface area contributed by atoms with E-state index in [-0.39, 0.29) is 5.97 Å². The smallest absolute Gasteiger partial charge is 0.356 e. The number of carbonyl (C=O) groups is 1. The number of esters is 1. The summed E-state index contributed by atoms with van der Waals surface area (Å²) in [5.41, 5.74) is 2.93. The van der Waals surface area contributed by atoms with Gasteiger partial charge in [0.15, 0.2) is 0 Å². The van der Waals surface area contributed by atoms with E-state index in [1.165, 1.54) is 11.3 Å². The Morgan fingerprint density at radius 1 is 1.79 bits per heavy atom. The molecule has 0 amide bonds. The number of halogens is 1. The normalized spacial score (nSPS) is 10.7. The Balaban J connectivity index is 2.47. The summed E-state index contributed by atoms with van der Waals surface area (Å²) in [4.78, 5) is 19.4. The minimum atomic E-state index is -0.357. The molecule has 0 bridgehead atoms. The van der Waals surface area contributed by atoms with Crippen molar-refractivity contribution in [1.29, 1.82) is 0 Å². The number of aromatic nitrogens is 2. The van der Waals surface area contributed by atoms with Crippen LogP contribution in [0.25, 0.3) is 10.3 Å². The number of aromatic amines is 1. The molecule has 0 atom stereocenters. The van der Waals surface area contributed by atoms with Crippen LogP contribution in [-0.4, -0.2) is 22.5 Å². The number of fused-ring (bicyclic) bond motifs is 1. The molecule has 14 heavy (non-hydrogen) atoms. The highest BCUT2D eigenvalue weighted by atomic mass is 79.9. The van der Waals surface area contributed by atoms with E-state index < -0.39 is 0 Å². The Morgan fingerprint density at radius 2 is 2.57 bits per heavy atom. The third-order valence-electron chi connectivity index (χ3n) is 1.71. The Hall–Kier alpha value is -0.880. The molecule has 0 aliphatic carbocycles. The Bertz CT molecular complexity index is 477. The van der Waals surface area contributed by atoms with Crippen LogP contribution in [0.5, 0.6) is 0 Å². The summed E-state index contributed by atoms with van der Waals surface area (Å²) in [5, 5.41) is 0. The summed E-state index contributed by atoms with van der Waals surface area (Å²) in [6, 6.07) is 0. The fourth-order valence-electron chi connectivity index (χ4n) is 1.12. The number of thiazole rings is 1. The topological polar surface area (TPSA) is 55.0 Å². The second-order valence-corrected chi connectivity index (χ2v) is 4.21. The largest absolute Gasteiger partial charge is 0.461 e. The molecule has 0 radical (unpaired) electrons. The van der Waals surface area contributed by atoms with E-state index in [4.69, 9.17) is 4.74 Å². The quantitative estimate of drug-likeness (QED) is 0.857. The van der Waals surface area contributed by atoms with Gasteiger partial charge in [0.25, 0.3) is 0 Å². The molecule has 0 saturated carbocycles. The second-order valence-electron chi connectivity index (χ2n) is 2.56. The standard InChI is InChI=1S/C8H7BrN2O2S/c1-2-13-8(12)6-4(9)5-7(11-6)14-3-10-5/h3,11H,2H2,1H3. The first-order valence-electron chi connectivity index (χ1n) is 4.01. The zero-order valence-electron chi connectivity index (χ0n) is 7.33. The molecule has 0 unspecified atom stereocenters. The monoisotopic (exact) mass is 274 g/mol. The van der Waals surface area contributed by atoms with E-state index in [0.29, 0.717) is 16.8 Å². The lowest BCUT2D eigenvalue weighted by molar-refractivity contribution is 0.0519. The van der Waals surface area contributed by atoms with Gasteiger partial charge in [-0.2, -0.15) is 0 Å². The third kappa shape index (κ3) is 1.44. The van der Waals surface area contributed by atoms with Gasteiger partial charge >= 0.3 is 5.97 Å². The Kier molecular flexibility index (Phi) is 2.56. The highest BCUT2D eigenvalue weighted by Gasteiger charge is 2.18. The minimum Gasteiger partial charge on any atom is -0.461 e. The molecule has 1 N–H and O–H groups in total. The van der Waals surface area contributed by atoms with Gasteiger partial charge in [-0.25, -0.2) is 9.78 Å². The lowest BCUT2D eigenvalue weighted by atomic mass is 10.4. The molecule has 6 heteroatoms. The third-order valence-corrected chi connectivity index (χ3v) is 3.23. The molecule has 0 fully saturated rings. The Labute approximate surface area is 92.4 Å². The first-order valence-corrected chi connectivity index (χ1v) is 5.69. The van der Waals surface area contributed by atoms with Gasteiger partial charge in [0.2, 0.25) is 0 Å². The van der Waals surface area contributed by atoms with Gasteiger partial charge < -0.3 is 9.72 Å². The lowest BCUT2D eigenvalue weighted by Gasteiger charge is -1.98. The number of hydrogen-bond acceptors (Lipinski definition) is 4. The van der Waals surface area contributed by atoms with E-state index in [0.717, 1.165) is 10.3 Å². The molecule has 2 rings (SSSR count). The molecular weight excluding hydrogens is 268 g/mol. The Morgan fingerprint density at radius 3 is 3.21 bits per heavy atom. The number of nitrogens with one attached hydrogen (secondary N) is 1. The van der Waals surface area contributed by atoms with Crippen LogP contribution in [0, 0.1) is 0 Å². The number of carbonyl (C=O) groups excluding carboxylic acids is 1. The highest BCUT2D eigenvalue weighted by Crippen LogP contribution is 2.29. The minimum absolute atomic E-state index is 0.357. The molecule has 2 aromatic heterocycles. The van der Waals surface area contributed by atoms with Crippen LogP contribution in [0.1, 0.15) is 17.4 Å². The van der Waals surface area contributed by atoms with E-state index in [9.17, 15) is 4.79 Å². The zero-order valence-corrected chi connectivity index (χ0v) is 9.74. The van der Waals surface area contributed by atoms with Gasteiger partial charge in [-0.15, -0.1) is 11.3 Å². The lowest BCUT2D eigenvalue weighted by Crippen LogP contribution is -2.05. The summed E-state index contributed by atoms with van der Waals surface area (Å²) in [5.74, 6) is -0.357. The van der Waals surface area contributed by atoms with Crippen molar-refractivity contribution in [3.8, 4) is 0 Å². The predicted octanol–water partition coefficient (Wildman–Crippen LogP) is 2.56. The van der Waals surface area contributed by atoms with E-state index in [2.05, 4.69) is 25.9 Å². The average molecular weight is 275 g/mol. The van der Waals surface area contributed by atoms with E-state index in [1.54, 1.807) is 12.4 Å². The van der Waals surface area contributed by atoms with Crippen LogP contribution in [0.2, 0.25) is 0 Å². The summed E-state index contributed by atoms with van der Waals surface area (Å²) < 4.78 is 5.56. The first kappa shape index (κ1) is 9.67. The molecule has 74 valence electrons. The van der Waals surface area contributed by atoms with Crippen LogP contribution in [0.15, 0.2) is 9.98 Å². The fourth-order valence-corrected chi connectivity index (χ4v) is 2.51. The molecule has 0 aliphatic heterocycles. The van der Waals surface area contributed by atoms with Crippen molar-refractivity contribution in [2.75, 3.05) is 6.61 Å². The summed E-state index contributed by atoms with van der Waals surface area (Å²) in [6.07, 6.45) is 0. The van der Waals surface area contributed by atoms with Crippen molar-refractivity contribution in [3.05, 3.63) is 15.7 Å². The maximum absolute atomic E-state index is 11.4. The number of nitrogens with zero attached hydrogens (tertiary/aromatic N) is 1. The summed E-state index contributed by atoms with van der Waals surface area (Å²) in [7, 11) is 0. The van der Waals surface area contributed by atoms with Crippen molar-refractivity contribution >= 4 is 43.6 Å². The average Bonchev–Trinajstić information content (AvgIpc) is 2.69. The molecule has 2 heterocycles. The van der Waals surface area contributed by atoms with Crippen molar-refractivity contribution in [2.45, 2.75) is 6.92 Å². The summed E-state index contributed by atoms with van der Waals surface area (Å²) >= 11 is 4.77. The number of H-pyrrole nitrogens is 1. The zero-order chi connectivity index (χ0) is 10.1. The molecular formula is C8H7BrN2O2S. The van der Waals surface area contributed by atoms with Gasteiger partial charge in [0, 0.05) is 0 Å². The van der Waals surface area contributed by atoms with Crippen LogP contribution in [-0.2, 0) is 4.74 Å². The molecule has 0 aliphatic rings. The number of rotatable bonds is 2. The van der Waals surface area contributed by atoms with Crippen LogP contribution < -0.4 is 0 Å². The number of hydrogen-bond donors (Lipinski definition) is 1. The van der Waals surface area contributed by atoms with Crippen molar-refractivity contribution in [1.82, 2.24) is 9.97 Å². The van der Waals surface area contributed by atoms with Crippen LogP contribution in [0.3, 0.4) is 0 Å². The maximum Gasteiger partial charge on any atom is 0.356 e. The van der Waals surface area contributed by atoms with Gasteiger partial charge in [0.1, 0.15) is 16.0 Å². The molecule has 2 aromatic rings. The van der Waals surface area contributed by atoms with Gasteiger partial charge in [-0.05, 0) is 22.9 Å². The SMILES string of the molecule is CCOC(=O)c1[nH]c2scnc2c1Br. The molecule has 0 aromatic carbocycles. The molecule has 0 saturated heterocycles.